The van der Waals surface area contributed by atoms with Crippen LogP contribution in [0.2, 0.25) is 0 Å². The number of hydrogen-bond acceptors (Lipinski definition) is 3. The number of anilines is 5. The Morgan fingerprint density at radius 1 is 0.416 bits per heavy atom. The highest BCUT2D eigenvalue weighted by molar-refractivity contribution is 7.00. The maximum atomic E-state index is 10.5. The van der Waals surface area contributed by atoms with Crippen molar-refractivity contribution >= 4 is 101 Å². The zero-order valence-electron chi connectivity index (χ0n) is 59.3. The molecule has 2 aromatic heterocycles. The number of nitrogens with zero attached hydrogens (tertiary/aromatic N) is 6. The van der Waals surface area contributed by atoms with E-state index in [9.17, 15) is 5.26 Å². The first kappa shape index (κ1) is 62.9. The first-order valence-electron chi connectivity index (χ1n) is 37.6. The van der Waals surface area contributed by atoms with E-state index in [2.05, 4.69) is 290 Å². The van der Waals surface area contributed by atoms with Crippen LogP contribution in [-0.4, -0.2) is 21.9 Å². The van der Waals surface area contributed by atoms with Crippen LogP contribution in [-0.2, 0) is 10.8 Å². The summed E-state index contributed by atoms with van der Waals surface area (Å²) in [6.45, 7) is 21.9. The van der Waals surface area contributed by atoms with Crippen LogP contribution in [0.3, 0.4) is 0 Å². The molecule has 13 aromatic rings. The molecular formula is C94H87BN6. The van der Waals surface area contributed by atoms with Gasteiger partial charge in [0.25, 0.3) is 6.71 Å². The second kappa shape index (κ2) is 24.8. The van der Waals surface area contributed by atoms with Gasteiger partial charge in [-0.15, -0.1) is 0 Å². The summed E-state index contributed by atoms with van der Waals surface area (Å²) in [5, 5.41) is 15.1. The van der Waals surface area contributed by atoms with E-state index in [1.165, 1.54) is 156 Å². The summed E-state index contributed by atoms with van der Waals surface area (Å²) in [6, 6.07) is 90.5. The molecule has 3 saturated carbocycles. The molecule has 101 heavy (non-hydrogen) atoms. The van der Waals surface area contributed by atoms with Gasteiger partial charge in [0.1, 0.15) is 0 Å². The molecule has 6 nitrogen and oxygen atoms in total. The highest BCUT2D eigenvalue weighted by Gasteiger charge is 2.51. The summed E-state index contributed by atoms with van der Waals surface area (Å²) in [5.41, 5.74) is 27.6. The average Bonchev–Trinajstić information content (AvgIpc) is 1.04. The summed E-state index contributed by atoms with van der Waals surface area (Å²) in [5.74, 6) is 2.33. The van der Waals surface area contributed by atoms with Crippen molar-refractivity contribution in [2.24, 2.45) is 23.7 Å². The number of benzene rings is 11. The quantitative estimate of drug-likeness (QED) is 0.107. The Labute approximate surface area is 596 Å². The van der Waals surface area contributed by atoms with Crippen molar-refractivity contribution in [3.8, 4) is 50.8 Å². The van der Waals surface area contributed by atoms with E-state index in [1.807, 2.05) is 12.1 Å². The second-order valence-electron chi connectivity index (χ2n) is 32.2. The topological polar surface area (TPSA) is 44.5 Å². The van der Waals surface area contributed by atoms with Gasteiger partial charge in [-0.3, -0.25) is 0 Å². The Kier molecular flexibility index (Phi) is 15.4. The molecule has 0 spiro atoms. The van der Waals surface area contributed by atoms with E-state index in [-0.39, 0.29) is 23.6 Å². The third-order valence-corrected chi connectivity index (χ3v) is 24.4. The predicted octanol–water partition coefficient (Wildman–Crippen LogP) is 23.6. The molecule has 2 unspecified atom stereocenters. The van der Waals surface area contributed by atoms with Crippen LogP contribution in [0.25, 0.3) is 93.2 Å². The molecule has 7 heteroatoms. The number of hydrogen-bond donors (Lipinski definition) is 0. The van der Waals surface area contributed by atoms with Gasteiger partial charge in [0.05, 0.1) is 46.0 Å². The number of aromatic nitrogens is 2. The van der Waals surface area contributed by atoms with Crippen molar-refractivity contribution in [2.75, 3.05) is 9.80 Å². The first-order chi connectivity index (χ1) is 49.3. The van der Waals surface area contributed by atoms with Crippen molar-refractivity contribution < 1.29 is 0 Å². The van der Waals surface area contributed by atoms with E-state index >= 15 is 0 Å². The number of rotatable bonds is 9. The molecular weight excluding hydrogens is 1220 g/mol. The third kappa shape index (κ3) is 10.5. The van der Waals surface area contributed by atoms with Gasteiger partial charge in [0.2, 0.25) is 0 Å². The van der Waals surface area contributed by atoms with Gasteiger partial charge in [-0.05, 0) is 193 Å². The lowest BCUT2D eigenvalue weighted by molar-refractivity contribution is 0.0839. The maximum Gasteiger partial charge on any atom is 0.252 e. The summed E-state index contributed by atoms with van der Waals surface area (Å²) < 4.78 is 5.01. The monoisotopic (exact) mass is 1310 g/mol. The Bertz CT molecular complexity index is 5420. The van der Waals surface area contributed by atoms with Gasteiger partial charge in [0.15, 0.2) is 5.69 Å². The van der Waals surface area contributed by atoms with Crippen LogP contribution in [0.5, 0.6) is 0 Å². The molecule has 3 fully saturated rings. The number of nitriles is 1. The molecule has 0 radical (unpaired) electrons. The Morgan fingerprint density at radius 3 is 1.42 bits per heavy atom. The van der Waals surface area contributed by atoms with E-state index in [4.69, 9.17) is 6.57 Å². The van der Waals surface area contributed by atoms with Crippen LogP contribution in [0.4, 0.5) is 34.1 Å². The fraction of sp³-hybridized carbons (Fsp3) is 0.277. The number of fused-ring (bicyclic) bond motifs is 10. The van der Waals surface area contributed by atoms with Crippen molar-refractivity contribution in [1.82, 2.24) is 9.13 Å². The third-order valence-electron chi connectivity index (χ3n) is 24.4. The lowest BCUT2D eigenvalue weighted by Crippen LogP contribution is -2.64. The van der Waals surface area contributed by atoms with Gasteiger partial charge in [0, 0.05) is 67.5 Å². The molecule has 18 rings (SSSR count). The first-order valence-corrected chi connectivity index (χ1v) is 37.6. The van der Waals surface area contributed by atoms with Gasteiger partial charge in [-0.2, -0.15) is 5.26 Å². The normalized spacial score (nSPS) is 18.0. The summed E-state index contributed by atoms with van der Waals surface area (Å²) in [6.07, 6.45) is 16.9. The minimum atomic E-state index is -0.168. The van der Waals surface area contributed by atoms with Gasteiger partial charge < -0.3 is 18.9 Å². The molecule has 2 atom stereocenters. The van der Waals surface area contributed by atoms with Crippen molar-refractivity contribution in [1.29, 1.82) is 5.26 Å². The summed E-state index contributed by atoms with van der Waals surface area (Å²) in [7, 11) is 0. The molecule has 2 aliphatic heterocycles. The summed E-state index contributed by atoms with van der Waals surface area (Å²) >= 11 is 0. The molecule has 5 aliphatic rings. The standard InChI is InChI=1S/C94H87BN6/c1-93(2,3)67-40-48-83-77(54-67)76-51-60(59-96)39-47-82(76)98(83)70-43-45-80-86(57-70)100(91-72(62-27-15-9-16-28-62)35-23-36-73(91)63-29-17-10-18-30-63)88-52-66(61-25-13-8-14-26-61)53-89-90(88)95(80)81-46-44-71(99-84-49-41-68(94(4,5)6)55-78(84)79-56-69(97-7)42-50-85(79)99)58-87(81)101(89)92-74(64-31-19-11-20-32-64)37-24-38-75(92)65-33-21-12-22-34-65/h8,11-14,19-22,24-26,31-34,37-58,62-63,72-73,91H,9-10,15-18,23,27-30,35-36H2,1-6H3. The molecule has 496 valence electrons. The summed E-state index contributed by atoms with van der Waals surface area (Å²) in [4.78, 5) is 9.83. The smallest absolute Gasteiger partial charge is 0.252 e. The maximum absolute atomic E-state index is 10.5. The van der Waals surface area contributed by atoms with E-state index in [1.54, 1.807) is 0 Å². The molecule has 0 amide bonds. The number of para-hydroxylation sites is 1. The fourth-order valence-corrected chi connectivity index (χ4v) is 19.6. The lowest BCUT2D eigenvalue weighted by Gasteiger charge is -2.55. The van der Waals surface area contributed by atoms with Crippen LogP contribution in [0.1, 0.15) is 142 Å². The minimum Gasteiger partial charge on any atom is -0.339 e. The molecule has 0 bridgehead atoms. The van der Waals surface area contributed by atoms with Crippen LogP contribution >= 0.6 is 0 Å². The van der Waals surface area contributed by atoms with E-state index in [0.29, 0.717) is 34.9 Å². The van der Waals surface area contributed by atoms with Crippen molar-refractivity contribution in [2.45, 2.75) is 142 Å². The molecule has 0 N–H and O–H groups in total. The van der Waals surface area contributed by atoms with Crippen molar-refractivity contribution in [3.05, 3.63) is 259 Å². The van der Waals surface area contributed by atoms with Gasteiger partial charge in [-0.25, -0.2) is 4.85 Å². The Morgan fingerprint density at radius 2 is 0.891 bits per heavy atom. The Balaban J connectivity index is 0.985. The highest BCUT2D eigenvalue weighted by atomic mass is 15.2. The molecule has 11 aromatic carbocycles. The zero-order chi connectivity index (χ0) is 68.4. The predicted molar refractivity (Wildman–Crippen MR) is 425 cm³/mol. The van der Waals surface area contributed by atoms with Crippen LogP contribution in [0, 0.1) is 41.6 Å². The second-order valence-corrected chi connectivity index (χ2v) is 32.2. The van der Waals surface area contributed by atoms with Crippen molar-refractivity contribution in [3.63, 3.8) is 0 Å². The average molecular weight is 1310 g/mol. The molecule has 0 saturated heterocycles. The fourth-order valence-electron chi connectivity index (χ4n) is 19.6. The molecule has 4 heterocycles. The minimum absolute atomic E-state index is 0.0711. The zero-order valence-corrected chi connectivity index (χ0v) is 59.3. The Hall–Kier alpha value is -10.3. The SMILES string of the molecule is [C-]#[N+]c1ccc2c(c1)c1cc(C(C)(C)C)ccc1n2-c1ccc2c(c1)N(c1c(-c3ccccc3)cccc1-c1ccccc1)c1cc(-c3ccccc3)cc3c1B2c1ccc(-n2c4ccc(C#N)cc4c4cc(C(C)(C)C)ccc42)cc1N3C1C(C2CCCCC2)CCCC1C1CCCCC1. The lowest BCUT2D eigenvalue weighted by atomic mass is 9.33. The van der Waals surface area contributed by atoms with Gasteiger partial charge in [-0.1, -0.05) is 252 Å². The van der Waals surface area contributed by atoms with Crippen LogP contribution < -0.4 is 26.2 Å². The highest BCUT2D eigenvalue weighted by Crippen LogP contribution is 2.56. The van der Waals surface area contributed by atoms with E-state index < -0.39 is 0 Å². The van der Waals surface area contributed by atoms with E-state index in [0.717, 1.165) is 72.1 Å². The molecule has 3 aliphatic carbocycles. The van der Waals surface area contributed by atoms with Gasteiger partial charge >= 0.3 is 0 Å². The largest absolute Gasteiger partial charge is 0.339 e. The van der Waals surface area contributed by atoms with Crippen LogP contribution in [0.15, 0.2) is 231 Å².